The van der Waals surface area contributed by atoms with Gasteiger partial charge >= 0.3 is 0 Å². The first-order valence-electron chi connectivity index (χ1n) is 10.0. The monoisotopic (exact) mass is 496 g/mol. The molecule has 0 fully saturated rings. The molecule has 164 valence electrons. The number of nitrogens with zero attached hydrogens (tertiary/aromatic N) is 2. The Bertz CT molecular complexity index is 1230. The molecule has 1 aromatic heterocycles. The number of aromatic amines is 1. The van der Waals surface area contributed by atoms with Crippen LogP contribution in [-0.4, -0.2) is 28.5 Å². The van der Waals surface area contributed by atoms with E-state index in [1.54, 1.807) is 12.1 Å². The second kappa shape index (κ2) is 8.85. The van der Waals surface area contributed by atoms with E-state index < -0.39 is 5.92 Å². The molecule has 4 N–H and O–H groups in total. The summed E-state index contributed by atoms with van der Waals surface area (Å²) < 4.78 is 17.2. The molecule has 0 aliphatic carbocycles. The lowest BCUT2D eigenvalue weighted by Gasteiger charge is -2.25. The van der Waals surface area contributed by atoms with E-state index in [1.807, 2.05) is 38.1 Å². The molecule has 9 heteroatoms. The van der Waals surface area contributed by atoms with Crippen LogP contribution >= 0.6 is 15.9 Å². The number of ether oxygens (including phenoxy) is 3. The second-order valence-corrected chi connectivity index (χ2v) is 7.84. The predicted molar refractivity (Wildman–Crippen MR) is 121 cm³/mol. The molecular weight excluding hydrogens is 476 g/mol. The predicted octanol–water partition coefficient (Wildman–Crippen LogP) is 4.56. The fraction of sp³-hybridized carbons (Fsp3) is 0.217. The Morgan fingerprint density at radius 3 is 2.59 bits per heavy atom. The average molecular weight is 497 g/mol. The third-order valence-electron chi connectivity index (χ3n) is 5.08. The fourth-order valence-electron chi connectivity index (χ4n) is 3.71. The number of phenols is 1. The van der Waals surface area contributed by atoms with E-state index in [1.165, 1.54) is 0 Å². The summed E-state index contributed by atoms with van der Waals surface area (Å²) in [5.74, 6) is 0.724. The third-order valence-corrected chi connectivity index (χ3v) is 5.68. The molecule has 0 radical (unpaired) electrons. The summed E-state index contributed by atoms with van der Waals surface area (Å²) in [4.78, 5) is 0. The van der Waals surface area contributed by atoms with E-state index in [0.29, 0.717) is 40.3 Å². The summed E-state index contributed by atoms with van der Waals surface area (Å²) in [6.45, 7) is 4.69. The molecule has 0 spiro atoms. The SMILES string of the molecule is CCOc1ccc(-c2[nH]nc3c2[C@@H](c2cc(Br)c(O)c(OCC)c2)C(C#N)=C(N)O3)cc1. The Kier molecular flexibility index (Phi) is 5.97. The number of aromatic nitrogens is 2. The van der Waals surface area contributed by atoms with E-state index in [2.05, 4.69) is 32.2 Å². The number of hydrogen-bond donors (Lipinski definition) is 3. The normalized spacial score (nSPS) is 15.0. The zero-order chi connectivity index (χ0) is 22.8. The maximum atomic E-state index is 10.4. The van der Waals surface area contributed by atoms with Gasteiger partial charge in [0, 0.05) is 5.56 Å². The fourth-order valence-corrected chi connectivity index (χ4v) is 4.17. The first kappa shape index (κ1) is 21.6. The summed E-state index contributed by atoms with van der Waals surface area (Å²) in [5, 5.41) is 27.6. The van der Waals surface area contributed by atoms with Crippen LogP contribution in [0.25, 0.3) is 11.3 Å². The van der Waals surface area contributed by atoms with Crippen molar-refractivity contribution >= 4 is 15.9 Å². The molecule has 4 rings (SSSR count). The van der Waals surface area contributed by atoms with E-state index in [9.17, 15) is 10.4 Å². The van der Waals surface area contributed by atoms with Gasteiger partial charge in [-0.25, -0.2) is 0 Å². The quantitative estimate of drug-likeness (QED) is 0.456. The van der Waals surface area contributed by atoms with Crippen molar-refractivity contribution in [3.63, 3.8) is 0 Å². The number of hydrogen-bond acceptors (Lipinski definition) is 7. The highest BCUT2D eigenvalue weighted by molar-refractivity contribution is 9.10. The molecular formula is C23H21BrN4O4. The molecule has 1 atom stereocenters. The maximum Gasteiger partial charge on any atom is 0.244 e. The van der Waals surface area contributed by atoms with Crippen molar-refractivity contribution < 1.29 is 19.3 Å². The van der Waals surface area contributed by atoms with Crippen LogP contribution in [0.5, 0.6) is 23.1 Å². The number of H-pyrrole nitrogens is 1. The van der Waals surface area contributed by atoms with E-state index in [-0.39, 0.29) is 23.1 Å². The van der Waals surface area contributed by atoms with Crippen LogP contribution < -0.4 is 19.9 Å². The van der Waals surface area contributed by atoms with E-state index in [0.717, 1.165) is 11.3 Å². The van der Waals surface area contributed by atoms with Crippen molar-refractivity contribution in [2.75, 3.05) is 13.2 Å². The summed E-state index contributed by atoms with van der Waals surface area (Å²) in [6, 6.07) is 13.1. The minimum absolute atomic E-state index is 0.0164. The largest absolute Gasteiger partial charge is 0.503 e. The van der Waals surface area contributed by atoms with Crippen LogP contribution in [0.4, 0.5) is 0 Å². The number of nitrogens with one attached hydrogen (secondary N) is 1. The number of halogens is 1. The number of nitrogens with two attached hydrogens (primary N) is 1. The van der Waals surface area contributed by atoms with Crippen molar-refractivity contribution in [2.24, 2.45) is 5.73 Å². The Labute approximate surface area is 193 Å². The highest BCUT2D eigenvalue weighted by Crippen LogP contribution is 2.48. The Balaban J connectivity index is 1.89. The van der Waals surface area contributed by atoms with Crippen molar-refractivity contribution in [3.05, 3.63) is 63.5 Å². The maximum absolute atomic E-state index is 10.4. The number of nitriles is 1. The Morgan fingerprint density at radius 1 is 1.22 bits per heavy atom. The van der Waals surface area contributed by atoms with Crippen LogP contribution in [0, 0.1) is 11.3 Å². The highest BCUT2D eigenvalue weighted by Gasteiger charge is 2.36. The van der Waals surface area contributed by atoms with Gasteiger partial charge in [0.05, 0.1) is 34.9 Å². The number of rotatable bonds is 6. The summed E-state index contributed by atoms with van der Waals surface area (Å²) in [7, 11) is 0. The van der Waals surface area contributed by atoms with Gasteiger partial charge in [-0.15, -0.1) is 5.10 Å². The van der Waals surface area contributed by atoms with Gasteiger partial charge in [0.2, 0.25) is 11.8 Å². The number of allylic oxidation sites excluding steroid dienone is 1. The van der Waals surface area contributed by atoms with Crippen molar-refractivity contribution in [3.8, 4) is 40.5 Å². The lowest BCUT2D eigenvalue weighted by atomic mass is 9.83. The van der Waals surface area contributed by atoms with Gasteiger partial charge in [-0.3, -0.25) is 5.10 Å². The van der Waals surface area contributed by atoms with Crippen LogP contribution in [0.3, 0.4) is 0 Å². The first-order chi connectivity index (χ1) is 15.5. The average Bonchev–Trinajstić information content (AvgIpc) is 3.20. The number of fused-ring (bicyclic) bond motifs is 1. The molecule has 2 aromatic carbocycles. The van der Waals surface area contributed by atoms with Crippen molar-refractivity contribution in [1.29, 1.82) is 5.26 Å². The smallest absolute Gasteiger partial charge is 0.244 e. The molecule has 1 aliphatic rings. The van der Waals surface area contributed by atoms with E-state index >= 15 is 0 Å². The minimum atomic E-state index is -0.583. The van der Waals surface area contributed by atoms with Crippen LogP contribution in [0.1, 0.15) is 30.9 Å². The summed E-state index contributed by atoms with van der Waals surface area (Å²) >= 11 is 3.38. The molecule has 3 aromatic rings. The Morgan fingerprint density at radius 2 is 1.94 bits per heavy atom. The molecule has 32 heavy (non-hydrogen) atoms. The molecule has 0 saturated heterocycles. The zero-order valence-corrected chi connectivity index (χ0v) is 19.1. The van der Waals surface area contributed by atoms with Gasteiger partial charge in [-0.1, -0.05) is 0 Å². The lowest BCUT2D eigenvalue weighted by molar-refractivity contribution is 0.316. The molecule has 0 saturated carbocycles. The van der Waals surface area contributed by atoms with Crippen LogP contribution in [0.2, 0.25) is 0 Å². The van der Waals surface area contributed by atoms with Gasteiger partial charge in [0.25, 0.3) is 0 Å². The van der Waals surface area contributed by atoms with E-state index in [4.69, 9.17) is 19.9 Å². The molecule has 0 bridgehead atoms. The number of benzene rings is 2. The number of aromatic hydroxyl groups is 1. The van der Waals surface area contributed by atoms with Gasteiger partial charge in [-0.05, 0) is 71.7 Å². The standard InChI is InChI=1S/C23H21BrN4O4/c1-3-30-14-7-5-12(6-8-14)20-19-18(15(11-25)22(26)32-23(19)28-27-20)13-9-16(24)21(29)17(10-13)31-4-2/h5-10,18,29H,3-4,26H2,1-2H3,(H,27,28)/t18-/m0/s1. The van der Waals surface area contributed by atoms with Crippen molar-refractivity contribution in [1.82, 2.24) is 10.2 Å². The molecule has 1 aliphatic heterocycles. The van der Waals surface area contributed by atoms with Gasteiger partial charge in [0.15, 0.2) is 11.5 Å². The topological polar surface area (TPSA) is 126 Å². The third kappa shape index (κ3) is 3.74. The van der Waals surface area contributed by atoms with Crippen LogP contribution in [-0.2, 0) is 0 Å². The number of phenolic OH excluding ortho intramolecular Hbond substituents is 1. The molecule has 2 heterocycles. The second-order valence-electron chi connectivity index (χ2n) is 6.98. The first-order valence-corrected chi connectivity index (χ1v) is 10.8. The van der Waals surface area contributed by atoms with Crippen LogP contribution in [0.15, 0.2) is 52.3 Å². The van der Waals surface area contributed by atoms with Gasteiger partial charge in [0.1, 0.15) is 17.4 Å². The minimum Gasteiger partial charge on any atom is -0.503 e. The van der Waals surface area contributed by atoms with Crippen molar-refractivity contribution in [2.45, 2.75) is 19.8 Å². The lowest BCUT2D eigenvalue weighted by Crippen LogP contribution is -2.21. The molecule has 0 amide bonds. The van der Waals surface area contributed by atoms with Gasteiger partial charge < -0.3 is 25.1 Å². The van der Waals surface area contributed by atoms with Gasteiger partial charge in [-0.2, -0.15) is 5.26 Å². The molecule has 0 unspecified atom stereocenters. The summed E-state index contributed by atoms with van der Waals surface area (Å²) in [6.07, 6.45) is 0. The Hall–Kier alpha value is -3.64. The molecule has 8 nitrogen and oxygen atoms in total. The zero-order valence-electron chi connectivity index (χ0n) is 17.5. The highest BCUT2D eigenvalue weighted by atomic mass is 79.9. The summed E-state index contributed by atoms with van der Waals surface area (Å²) in [5.41, 5.74) is 9.20.